The van der Waals surface area contributed by atoms with Crippen LogP contribution in [0.15, 0.2) is 28.7 Å². The van der Waals surface area contributed by atoms with Crippen molar-refractivity contribution < 1.29 is 17.6 Å². The topological polar surface area (TPSA) is 51.0 Å². The molecule has 0 radical (unpaired) electrons. The Hall–Kier alpha value is -2.05. The van der Waals surface area contributed by atoms with Gasteiger partial charge in [0.15, 0.2) is 0 Å². The molecule has 0 spiro atoms. The van der Waals surface area contributed by atoms with Gasteiger partial charge in [-0.3, -0.25) is 0 Å². The number of aryl methyl sites for hydroxylation is 1. The van der Waals surface area contributed by atoms with E-state index < -0.39 is 11.7 Å². The van der Waals surface area contributed by atoms with E-state index in [-0.39, 0.29) is 6.54 Å². The highest BCUT2D eigenvalue weighted by molar-refractivity contribution is 5.46. The maximum atomic E-state index is 12.5. The Kier molecular flexibility index (Phi) is 3.22. The number of nitrogens with one attached hydrogen (secondary N) is 1. The van der Waals surface area contributed by atoms with Crippen LogP contribution in [0.3, 0.4) is 0 Å². The number of nitrogens with zero attached hydrogens (tertiary/aromatic N) is 2. The second-order valence-corrected chi connectivity index (χ2v) is 3.65. The van der Waals surface area contributed by atoms with E-state index in [9.17, 15) is 13.2 Å². The molecule has 4 nitrogen and oxygen atoms in total. The number of hydrogen-bond donors (Lipinski definition) is 1. The van der Waals surface area contributed by atoms with Gasteiger partial charge in [0.25, 0.3) is 0 Å². The van der Waals surface area contributed by atoms with Crippen molar-refractivity contribution >= 4 is 5.69 Å². The number of alkyl halides is 3. The molecule has 0 unspecified atom stereocenters. The minimum absolute atomic E-state index is 0.183. The fraction of sp³-hybridized carbons (Fsp3) is 0.273. The van der Waals surface area contributed by atoms with Crippen molar-refractivity contribution in [3.8, 4) is 0 Å². The van der Waals surface area contributed by atoms with E-state index in [1.807, 2.05) is 0 Å². The molecule has 0 aliphatic carbocycles. The molecule has 2 aromatic rings. The van der Waals surface area contributed by atoms with Crippen LogP contribution in [-0.2, 0) is 12.7 Å². The number of benzene rings is 1. The van der Waals surface area contributed by atoms with Crippen LogP contribution < -0.4 is 5.32 Å². The van der Waals surface area contributed by atoms with Crippen molar-refractivity contribution in [2.75, 3.05) is 5.32 Å². The average Bonchev–Trinajstić information content (AvgIpc) is 2.72. The predicted molar refractivity (Wildman–Crippen MR) is 57.8 cm³/mol. The third-order valence-corrected chi connectivity index (χ3v) is 2.20. The van der Waals surface area contributed by atoms with E-state index in [2.05, 4.69) is 15.5 Å². The van der Waals surface area contributed by atoms with Gasteiger partial charge in [0.2, 0.25) is 11.8 Å². The van der Waals surface area contributed by atoms with Crippen molar-refractivity contribution in [1.82, 2.24) is 10.2 Å². The second kappa shape index (κ2) is 4.67. The molecule has 7 heteroatoms. The Morgan fingerprint density at radius 3 is 2.67 bits per heavy atom. The average molecular weight is 257 g/mol. The Labute approximate surface area is 101 Å². The van der Waals surface area contributed by atoms with E-state index in [1.165, 1.54) is 6.07 Å². The molecule has 0 fully saturated rings. The lowest BCUT2D eigenvalue weighted by atomic mass is 10.2. The van der Waals surface area contributed by atoms with Crippen molar-refractivity contribution in [1.29, 1.82) is 0 Å². The van der Waals surface area contributed by atoms with Gasteiger partial charge >= 0.3 is 6.18 Å². The zero-order valence-corrected chi connectivity index (χ0v) is 9.45. The summed E-state index contributed by atoms with van der Waals surface area (Å²) in [7, 11) is 0. The first kappa shape index (κ1) is 12.4. The lowest BCUT2D eigenvalue weighted by Crippen LogP contribution is -2.06. The Morgan fingerprint density at radius 2 is 2.06 bits per heavy atom. The molecule has 2 rings (SSSR count). The van der Waals surface area contributed by atoms with Gasteiger partial charge in [-0.15, -0.1) is 10.2 Å². The first-order valence-corrected chi connectivity index (χ1v) is 5.15. The van der Waals surface area contributed by atoms with Gasteiger partial charge in [-0.2, -0.15) is 13.2 Å². The predicted octanol–water partition coefficient (Wildman–Crippen LogP) is 3.01. The zero-order valence-electron chi connectivity index (χ0n) is 9.45. The standard InChI is InChI=1S/C11H10F3N3O/c1-7-16-17-10(18-7)6-15-9-4-2-3-8(5-9)11(12,13)14/h2-5,15H,6H2,1H3. The molecule has 0 saturated carbocycles. The minimum Gasteiger partial charge on any atom is -0.424 e. The summed E-state index contributed by atoms with van der Waals surface area (Å²) in [6.07, 6.45) is -4.35. The first-order chi connectivity index (χ1) is 8.45. The van der Waals surface area contributed by atoms with Gasteiger partial charge in [0, 0.05) is 12.6 Å². The highest BCUT2D eigenvalue weighted by Crippen LogP contribution is 2.30. The van der Waals surface area contributed by atoms with Gasteiger partial charge in [0.05, 0.1) is 12.1 Å². The Bertz CT molecular complexity index is 536. The summed E-state index contributed by atoms with van der Waals surface area (Å²) >= 11 is 0. The fourth-order valence-corrected chi connectivity index (χ4v) is 1.39. The Morgan fingerprint density at radius 1 is 1.28 bits per heavy atom. The van der Waals surface area contributed by atoms with Crippen molar-refractivity contribution in [2.24, 2.45) is 0 Å². The number of rotatable bonds is 3. The van der Waals surface area contributed by atoms with E-state index in [1.54, 1.807) is 13.0 Å². The van der Waals surface area contributed by atoms with E-state index in [0.29, 0.717) is 17.5 Å². The maximum absolute atomic E-state index is 12.5. The number of anilines is 1. The summed E-state index contributed by atoms with van der Waals surface area (Å²) < 4.78 is 42.5. The molecule has 0 aliphatic heterocycles. The molecule has 1 aromatic heterocycles. The summed E-state index contributed by atoms with van der Waals surface area (Å²) in [6, 6.07) is 4.92. The van der Waals surface area contributed by atoms with E-state index >= 15 is 0 Å². The molecule has 0 aliphatic rings. The highest BCUT2D eigenvalue weighted by atomic mass is 19.4. The van der Waals surface area contributed by atoms with Crippen molar-refractivity contribution in [2.45, 2.75) is 19.6 Å². The van der Waals surface area contributed by atoms with Crippen LogP contribution in [0.5, 0.6) is 0 Å². The van der Waals surface area contributed by atoms with E-state index in [4.69, 9.17) is 4.42 Å². The summed E-state index contributed by atoms with van der Waals surface area (Å²) in [4.78, 5) is 0. The van der Waals surface area contributed by atoms with Crippen LogP contribution in [-0.4, -0.2) is 10.2 Å². The Balaban J connectivity index is 2.06. The quantitative estimate of drug-likeness (QED) is 0.918. The van der Waals surface area contributed by atoms with Gasteiger partial charge in [-0.1, -0.05) is 6.07 Å². The van der Waals surface area contributed by atoms with Gasteiger partial charge in [-0.25, -0.2) is 0 Å². The van der Waals surface area contributed by atoms with Gasteiger partial charge in [-0.05, 0) is 18.2 Å². The fourth-order valence-electron chi connectivity index (χ4n) is 1.39. The molecule has 96 valence electrons. The highest BCUT2D eigenvalue weighted by Gasteiger charge is 2.30. The monoisotopic (exact) mass is 257 g/mol. The number of aromatic nitrogens is 2. The summed E-state index contributed by atoms with van der Waals surface area (Å²) in [6.45, 7) is 1.82. The molecule has 1 N–H and O–H groups in total. The largest absolute Gasteiger partial charge is 0.424 e. The van der Waals surface area contributed by atoms with Crippen LogP contribution in [0.25, 0.3) is 0 Å². The third kappa shape index (κ3) is 2.99. The molecular formula is C11H10F3N3O. The smallest absolute Gasteiger partial charge is 0.416 e. The summed E-state index contributed by atoms with van der Waals surface area (Å²) in [5.74, 6) is 0.737. The van der Waals surface area contributed by atoms with E-state index in [0.717, 1.165) is 12.1 Å². The third-order valence-electron chi connectivity index (χ3n) is 2.20. The number of halogens is 3. The minimum atomic E-state index is -4.35. The second-order valence-electron chi connectivity index (χ2n) is 3.65. The molecule has 0 bridgehead atoms. The lowest BCUT2D eigenvalue weighted by Gasteiger charge is -2.09. The van der Waals surface area contributed by atoms with Crippen LogP contribution in [0, 0.1) is 6.92 Å². The van der Waals surface area contributed by atoms with Crippen LogP contribution >= 0.6 is 0 Å². The van der Waals surface area contributed by atoms with Crippen molar-refractivity contribution in [3.05, 3.63) is 41.6 Å². The summed E-state index contributed by atoms with van der Waals surface area (Å²) in [5.41, 5.74) is -0.352. The van der Waals surface area contributed by atoms with Crippen molar-refractivity contribution in [3.63, 3.8) is 0 Å². The molecule has 0 saturated heterocycles. The molecule has 0 atom stereocenters. The normalized spacial score (nSPS) is 11.6. The van der Waals surface area contributed by atoms with Gasteiger partial charge < -0.3 is 9.73 Å². The molecule has 0 amide bonds. The molecule has 1 heterocycles. The SMILES string of the molecule is Cc1nnc(CNc2cccc(C(F)(F)F)c2)o1. The maximum Gasteiger partial charge on any atom is 0.416 e. The lowest BCUT2D eigenvalue weighted by molar-refractivity contribution is -0.137. The van der Waals surface area contributed by atoms with Crippen LogP contribution in [0.2, 0.25) is 0 Å². The molecule has 1 aromatic carbocycles. The molecular weight excluding hydrogens is 247 g/mol. The molecule has 18 heavy (non-hydrogen) atoms. The number of hydrogen-bond acceptors (Lipinski definition) is 4. The summed E-state index contributed by atoms with van der Waals surface area (Å²) in [5, 5.41) is 10.1. The first-order valence-electron chi connectivity index (χ1n) is 5.15. The van der Waals surface area contributed by atoms with Gasteiger partial charge in [0.1, 0.15) is 0 Å². The van der Waals surface area contributed by atoms with Crippen LogP contribution in [0.1, 0.15) is 17.3 Å². The zero-order chi connectivity index (χ0) is 13.2. The van der Waals surface area contributed by atoms with Crippen LogP contribution in [0.4, 0.5) is 18.9 Å².